The minimum absolute atomic E-state index is 0.0961. The van der Waals surface area contributed by atoms with Crippen LogP contribution in [0.25, 0.3) is 0 Å². The van der Waals surface area contributed by atoms with Gasteiger partial charge in [0.25, 0.3) is 5.56 Å². The summed E-state index contributed by atoms with van der Waals surface area (Å²) in [5.74, 6) is 0.386. The van der Waals surface area contributed by atoms with E-state index in [2.05, 4.69) is 47.1 Å². The van der Waals surface area contributed by atoms with Crippen molar-refractivity contribution in [2.24, 2.45) is 5.92 Å². The van der Waals surface area contributed by atoms with E-state index in [1.54, 1.807) is 6.20 Å². The Balaban J connectivity index is 2.09. The van der Waals surface area contributed by atoms with Crippen LogP contribution in [0.5, 0.6) is 0 Å². The molecule has 1 aromatic rings. The highest BCUT2D eigenvalue weighted by atomic mass is 79.9. The fraction of sp³-hybridized carbons (Fsp3) is 0.714. The Morgan fingerprint density at radius 3 is 2.95 bits per heavy atom. The van der Waals surface area contributed by atoms with Gasteiger partial charge in [0, 0.05) is 19.7 Å². The quantitative estimate of drug-likeness (QED) is 0.892. The third-order valence-electron chi connectivity index (χ3n) is 3.48. The SMILES string of the molecule is CC(C)Cn1ncc(NCC2(C)CCCO2)c(Br)c1=O. The predicted octanol–water partition coefficient (Wildman–Crippen LogP) is 2.64. The highest BCUT2D eigenvalue weighted by Gasteiger charge is 2.29. The first-order valence-corrected chi connectivity index (χ1v) is 7.84. The average molecular weight is 344 g/mol. The highest BCUT2D eigenvalue weighted by molar-refractivity contribution is 9.10. The second-order valence-electron chi connectivity index (χ2n) is 6.01. The van der Waals surface area contributed by atoms with Gasteiger partial charge < -0.3 is 10.1 Å². The van der Waals surface area contributed by atoms with Gasteiger partial charge in [0.05, 0.1) is 17.5 Å². The summed E-state index contributed by atoms with van der Waals surface area (Å²) >= 11 is 3.37. The molecule has 0 bridgehead atoms. The van der Waals surface area contributed by atoms with E-state index in [4.69, 9.17) is 4.74 Å². The van der Waals surface area contributed by atoms with Gasteiger partial charge in [-0.05, 0) is 41.6 Å². The third kappa shape index (κ3) is 3.61. The van der Waals surface area contributed by atoms with E-state index < -0.39 is 0 Å². The lowest BCUT2D eigenvalue weighted by Gasteiger charge is -2.24. The maximum absolute atomic E-state index is 12.2. The number of rotatable bonds is 5. The summed E-state index contributed by atoms with van der Waals surface area (Å²) in [4.78, 5) is 12.2. The Bertz CT molecular complexity index is 522. The molecular formula is C14H22BrN3O2. The van der Waals surface area contributed by atoms with Gasteiger partial charge in [-0.15, -0.1) is 0 Å². The van der Waals surface area contributed by atoms with Crippen LogP contribution in [-0.2, 0) is 11.3 Å². The molecule has 1 N–H and O–H groups in total. The minimum Gasteiger partial charge on any atom is -0.380 e. The highest BCUT2D eigenvalue weighted by Crippen LogP contribution is 2.26. The fourth-order valence-electron chi connectivity index (χ4n) is 2.32. The Hall–Kier alpha value is -0.880. The zero-order valence-corrected chi connectivity index (χ0v) is 13.9. The number of hydrogen-bond donors (Lipinski definition) is 1. The first-order chi connectivity index (χ1) is 9.41. The molecule has 1 aromatic heterocycles. The molecule has 5 nitrogen and oxygen atoms in total. The van der Waals surface area contributed by atoms with Crippen molar-refractivity contribution in [1.29, 1.82) is 0 Å². The number of nitrogens with zero attached hydrogens (tertiary/aromatic N) is 2. The summed E-state index contributed by atoms with van der Waals surface area (Å²) in [5, 5.41) is 7.49. The van der Waals surface area contributed by atoms with E-state index in [0.29, 0.717) is 23.5 Å². The lowest BCUT2D eigenvalue weighted by molar-refractivity contribution is 0.0315. The largest absolute Gasteiger partial charge is 0.380 e. The normalized spacial score (nSPS) is 22.4. The monoisotopic (exact) mass is 343 g/mol. The second-order valence-corrected chi connectivity index (χ2v) is 6.80. The molecule has 0 aromatic carbocycles. The van der Waals surface area contributed by atoms with Gasteiger partial charge in [-0.3, -0.25) is 4.79 Å². The molecule has 1 atom stereocenters. The predicted molar refractivity (Wildman–Crippen MR) is 83.1 cm³/mol. The molecule has 6 heteroatoms. The molecule has 1 aliphatic rings. The molecule has 0 saturated carbocycles. The van der Waals surface area contributed by atoms with Crippen LogP contribution < -0.4 is 10.9 Å². The molecule has 0 aliphatic carbocycles. The van der Waals surface area contributed by atoms with Crippen LogP contribution in [0.3, 0.4) is 0 Å². The van der Waals surface area contributed by atoms with Crippen molar-refractivity contribution in [2.45, 2.75) is 45.8 Å². The molecule has 1 fully saturated rings. The molecule has 0 amide bonds. The van der Waals surface area contributed by atoms with Crippen molar-refractivity contribution in [3.05, 3.63) is 21.0 Å². The Kier molecular flexibility index (Phi) is 4.86. The third-order valence-corrected chi connectivity index (χ3v) is 4.24. The molecule has 2 rings (SSSR count). The standard InChI is InChI=1S/C14H22BrN3O2/c1-10(2)8-18-13(19)12(15)11(7-17-18)16-9-14(3)5-4-6-20-14/h7,10,16H,4-6,8-9H2,1-3H3. The van der Waals surface area contributed by atoms with Gasteiger partial charge in [-0.1, -0.05) is 13.8 Å². The van der Waals surface area contributed by atoms with Gasteiger partial charge >= 0.3 is 0 Å². The first kappa shape index (κ1) is 15.5. The van der Waals surface area contributed by atoms with E-state index in [-0.39, 0.29) is 11.2 Å². The van der Waals surface area contributed by atoms with Crippen molar-refractivity contribution in [3.8, 4) is 0 Å². The topological polar surface area (TPSA) is 56.1 Å². The second kappa shape index (κ2) is 6.26. The average Bonchev–Trinajstić information content (AvgIpc) is 2.81. The van der Waals surface area contributed by atoms with Gasteiger partial charge in [0.2, 0.25) is 0 Å². The zero-order valence-electron chi connectivity index (χ0n) is 12.3. The number of ether oxygens (including phenoxy) is 1. The molecule has 0 radical (unpaired) electrons. The van der Waals surface area contributed by atoms with E-state index in [1.165, 1.54) is 4.68 Å². The van der Waals surface area contributed by atoms with Gasteiger partial charge in [-0.2, -0.15) is 5.10 Å². The van der Waals surface area contributed by atoms with E-state index in [1.807, 2.05) is 0 Å². The summed E-state index contributed by atoms with van der Waals surface area (Å²) in [7, 11) is 0. The molecule has 1 saturated heterocycles. The van der Waals surface area contributed by atoms with E-state index >= 15 is 0 Å². The number of aromatic nitrogens is 2. The Labute approximate surface area is 127 Å². The van der Waals surface area contributed by atoms with E-state index in [0.717, 1.165) is 25.1 Å². The molecule has 2 heterocycles. The maximum atomic E-state index is 12.2. The molecule has 112 valence electrons. The van der Waals surface area contributed by atoms with Crippen molar-refractivity contribution < 1.29 is 4.74 Å². The summed E-state index contributed by atoms with van der Waals surface area (Å²) < 4.78 is 7.76. The summed E-state index contributed by atoms with van der Waals surface area (Å²) in [6.07, 6.45) is 3.83. The fourth-order valence-corrected chi connectivity index (χ4v) is 2.77. The number of halogens is 1. The van der Waals surface area contributed by atoms with Crippen LogP contribution in [0.2, 0.25) is 0 Å². The molecule has 1 aliphatic heterocycles. The van der Waals surface area contributed by atoms with Crippen LogP contribution in [0.15, 0.2) is 15.5 Å². The first-order valence-electron chi connectivity index (χ1n) is 7.05. The van der Waals surface area contributed by atoms with Crippen LogP contribution >= 0.6 is 15.9 Å². The van der Waals surface area contributed by atoms with Crippen molar-refractivity contribution in [3.63, 3.8) is 0 Å². The number of anilines is 1. The van der Waals surface area contributed by atoms with Crippen LogP contribution in [0, 0.1) is 5.92 Å². The van der Waals surface area contributed by atoms with Crippen molar-refractivity contribution in [1.82, 2.24) is 9.78 Å². The summed E-state index contributed by atoms with van der Waals surface area (Å²) in [6.45, 7) is 8.33. The minimum atomic E-state index is -0.147. The van der Waals surface area contributed by atoms with E-state index in [9.17, 15) is 4.79 Å². The van der Waals surface area contributed by atoms with Crippen molar-refractivity contribution >= 4 is 21.6 Å². The summed E-state index contributed by atoms with van der Waals surface area (Å²) in [5.41, 5.74) is 0.486. The Morgan fingerprint density at radius 2 is 2.35 bits per heavy atom. The van der Waals surface area contributed by atoms with Crippen molar-refractivity contribution in [2.75, 3.05) is 18.5 Å². The lowest BCUT2D eigenvalue weighted by atomic mass is 10.0. The molecule has 1 unspecified atom stereocenters. The van der Waals surface area contributed by atoms with Gasteiger partial charge in [0.1, 0.15) is 4.47 Å². The Morgan fingerprint density at radius 1 is 1.60 bits per heavy atom. The smallest absolute Gasteiger partial charge is 0.283 e. The lowest BCUT2D eigenvalue weighted by Crippen LogP contribution is -2.33. The van der Waals surface area contributed by atoms with Crippen LogP contribution in [0.1, 0.15) is 33.6 Å². The van der Waals surface area contributed by atoms with Gasteiger partial charge in [0.15, 0.2) is 0 Å². The molecule has 0 spiro atoms. The number of nitrogens with one attached hydrogen (secondary N) is 1. The maximum Gasteiger partial charge on any atom is 0.283 e. The van der Waals surface area contributed by atoms with Crippen LogP contribution in [-0.4, -0.2) is 28.5 Å². The summed E-state index contributed by atoms with van der Waals surface area (Å²) in [6, 6.07) is 0. The number of hydrogen-bond acceptors (Lipinski definition) is 4. The van der Waals surface area contributed by atoms with Crippen LogP contribution in [0.4, 0.5) is 5.69 Å². The zero-order chi connectivity index (χ0) is 14.8. The molecule has 20 heavy (non-hydrogen) atoms. The van der Waals surface area contributed by atoms with Gasteiger partial charge in [-0.25, -0.2) is 4.68 Å². The molecular weight excluding hydrogens is 322 g/mol.